The lowest BCUT2D eigenvalue weighted by molar-refractivity contribution is -0.118. The predicted molar refractivity (Wildman–Crippen MR) is 109 cm³/mol. The van der Waals surface area contributed by atoms with Crippen LogP contribution < -0.4 is 19.7 Å². The largest absolute Gasteiger partial charge is 0.493 e. The summed E-state index contributed by atoms with van der Waals surface area (Å²) in [5.74, 6) is 1.35. The van der Waals surface area contributed by atoms with Crippen LogP contribution in [0.2, 0.25) is 0 Å². The number of amides is 1. The molecule has 0 spiro atoms. The molecule has 0 bridgehead atoms. The molecule has 1 aliphatic carbocycles. The van der Waals surface area contributed by atoms with Crippen molar-refractivity contribution in [3.05, 3.63) is 48.0 Å². The van der Waals surface area contributed by atoms with Crippen LogP contribution in [0.25, 0.3) is 0 Å². The zero-order valence-electron chi connectivity index (χ0n) is 16.5. The number of carbonyl (C=O) groups excluding carboxylic acids is 1. The molecule has 0 heterocycles. The van der Waals surface area contributed by atoms with Gasteiger partial charge in [0.1, 0.15) is 0 Å². The number of rotatable bonds is 8. The van der Waals surface area contributed by atoms with Crippen LogP contribution in [0.5, 0.6) is 11.5 Å². The van der Waals surface area contributed by atoms with Gasteiger partial charge in [0.05, 0.1) is 19.6 Å². The molecular weight excluding hydrogens is 340 g/mol. The Morgan fingerprint density at radius 1 is 1.00 bits per heavy atom. The summed E-state index contributed by atoms with van der Waals surface area (Å²) in [7, 11) is 3.22. The highest BCUT2D eigenvalue weighted by Gasteiger charge is 2.51. The van der Waals surface area contributed by atoms with Crippen molar-refractivity contribution < 1.29 is 14.3 Å². The summed E-state index contributed by atoms with van der Waals surface area (Å²) in [6.45, 7) is 6.20. The second-order valence-corrected chi connectivity index (χ2v) is 6.83. The molecule has 144 valence electrons. The summed E-state index contributed by atoms with van der Waals surface area (Å²) < 4.78 is 10.7. The number of carbonyl (C=O) groups is 1. The molecule has 0 aromatic heterocycles. The fourth-order valence-corrected chi connectivity index (χ4v) is 3.50. The maximum atomic E-state index is 13.0. The third-order valence-electron chi connectivity index (χ3n) is 5.37. The molecule has 1 aliphatic rings. The number of anilines is 2. The van der Waals surface area contributed by atoms with Crippen molar-refractivity contribution in [2.75, 3.05) is 37.5 Å². The van der Waals surface area contributed by atoms with E-state index in [1.807, 2.05) is 30.3 Å². The number of nitrogens with zero attached hydrogens (tertiary/aromatic N) is 1. The third kappa shape index (κ3) is 3.72. The molecule has 0 aliphatic heterocycles. The molecule has 0 unspecified atom stereocenters. The minimum atomic E-state index is -0.475. The number of methoxy groups -OCH3 is 2. The summed E-state index contributed by atoms with van der Waals surface area (Å²) in [5, 5.41) is 3.08. The average molecular weight is 368 g/mol. The summed E-state index contributed by atoms with van der Waals surface area (Å²) >= 11 is 0. The van der Waals surface area contributed by atoms with Crippen LogP contribution in [0, 0.1) is 0 Å². The van der Waals surface area contributed by atoms with Crippen molar-refractivity contribution in [2.24, 2.45) is 0 Å². The molecule has 1 amide bonds. The number of ether oxygens (including phenoxy) is 2. The van der Waals surface area contributed by atoms with Gasteiger partial charge in [0, 0.05) is 24.5 Å². The molecule has 1 fully saturated rings. The number of benzene rings is 2. The molecule has 3 rings (SSSR count). The van der Waals surface area contributed by atoms with Gasteiger partial charge in [0.25, 0.3) is 0 Å². The lowest BCUT2D eigenvalue weighted by atomic mass is 9.94. The first-order valence-corrected chi connectivity index (χ1v) is 9.47. The van der Waals surface area contributed by atoms with E-state index >= 15 is 0 Å². The topological polar surface area (TPSA) is 50.8 Å². The fraction of sp³-hybridized carbons (Fsp3) is 0.409. The van der Waals surface area contributed by atoms with Gasteiger partial charge in [0.15, 0.2) is 11.5 Å². The molecule has 27 heavy (non-hydrogen) atoms. The van der Waals surface area contributed by atoms with Crippen molar-refractivity contribution >= 4 is 17.3 Å². The average Bonchev–Trinajstić information content (AvgIpc) is 3.51. The highest BCUT2D eigenvalue weighted by Crippen LogP contribution is 2.50. The first-order valence-electron chi connectivity index (χ1n) is 9.47. The van der Waals surface area contributed by atoms with Crippen LogP contribution in [-0.2, 0) is 10.2 Å². The van der Waals surface area contributed by atoms with E-state index in [1.54, 1.807) is 14.2 Å². The van der Waals surface area contributed by atoms with Gasteiger partial charge in [-0.3, -0.25) is 4.79 Å². The predicted octanol–water partition coefficient (Wildman–Crippen LogP) is 4.22. The third-order valence-corrected chi connectivity index (χ3v) is 5.37. The van der Waals surface area contributed by atoms with Gasteiger partial charge in [-0.2, -0.15) is 0 Å². The molecule has 0 radical (unpaired) electrons. The Hall–Kier alpha value is -2.69. The lowest BCUT2D eigenvalue weighted by Gasteiger charge is -2.21. The van der Waals surface area contributed by atoms with Crippen molar-refractivity contribution in [1.82, 2.24) is 0 Å². The maximum absolute atomic E-state index is 13.0. The van der Waals surface area contributed by atoms with Gasteiger partial charge >= 0.3 is 0 Å². The Kier molecular flexibility index (Phi) is 5.59. The van der Waals surface area contributed by atoms with Crippen molar-refractivity contribution in [1.29, 1.82) is 0 Å². The van der Waals surface area contributed by atoms with Gasteiger partial charge in [0.2, 0.25) is 5.91 Å². The Balaban J connectivity index is 1.76. The zero-order chi connectivity index (χ0) is 19.4. The van der Waals surface area contributed by atoms with Gasteiger partial charge in [-0.25, -0.2) is 0 Å². The van der Waals surface area contributed by atoms with Gasteiger partial charge < -0.3 is 19.7 Å². The van der Waals surface area contributed by atoms with E-state index in [0.29, 0.717) is 11.5 Å². The molecule has 0 saturated heterocycles. The standard InChI is InChI=1S/C22H28N2O3/c1-5-24(6-2)18-10-8-17(9-11-18)23-21(25)22(13-14-22)16-7-12-19(26-3)20(15-16)27-4/h7-12,15H,5-6,13-14H2,1-4H3,(H,23,25). The van der Waals surface area contributed by atoms with Gasteiger partial charge in [-0.1, -0.05) is 6.07 Å². The van der Waals surface area contributed by atoms with Gasteiger partial charge in [-0.05, 0) is 68.7 Å². The Labute approximate surface area is 161 Å². The minimum absolute atomic E-state index is 0.0327. The normalized spacial score (nSPS) is 14.4. The van der Waals surface area contributed by atoms with Gasteiger partial charge in [-0.15, -0.1) is 0 Å². The molecule has 0 atom stereocenters. The summed E-state index contributed by atoms with van der Waals surface area (Å²) in [5.41, 5.74) is 2.48. The van der Waals surface area contributed by atoms with Crippen LogP contribution in [0.1, 0.15) is 32.3 Å². The van der Waals surface area contributed by atoms with E-state index in [4.69, 9.17) is 9.47 Å². The first-order chi connectivity index (χ1) is 13.1. The van der Waals surface area contributed by atoms with E-state index in [2.05, 4.69) is 36.2 Å². The quantitative estimate of drug-likeness (QED) is 0.758. The highest BCUT2D eigenvalue weighted by atomic mass is 16.5. The molecule has 2 aromatic carbocycles. The highest BCUT2D eigenvalue weighted by molar-refractivity contribution is 6.01. The molecule has 1 N–H and O–H groups in total. The molecule has 1 saturated carbocycles. The maximum Gasteiger partial charge on any atom is 0.235 e. The Morgan fingerprint density at radius 3 is 2.15 bits per heavy atom. The molecule has 2 aromatic rings. The first kappa shape index (κ1) is 19.1. The smallest absolute Gasteiger partial charge is 0.235 e. The summed E-state index contributed by atoms with van der Waals surface area (Å²) in [6, 6.07) is 13.8. The Bertz CT molecular complexity index is 794. The molecule has 5 heteroatoms. The van der Waals surface area contributed by atoms with Crippen molar-refractivity contribution in [2.45, 2.75) is 32.1 Å². The van der Waals surface area contributed by atoms with Crippen molar-refractivity contribution in [3.8, 4) is 11.5 Å². The van der Waals surface area contributed by atoms with Crippen molar-refractivity contribution in [3.63, 3.8) is 0 Å². The second-order valence-electron chi connectivity index (χ2n) is 6.83. The van der Waals surface area contributed by atoms with E-state index in [1.165, 1.54) is 5.69 Å². The summed E-state index contributed by atoms with van der Waals surface area (Å²) in [4.78, 5) is 15.3. The van der Waals surface area contributed by atoms with E-state index in [9.17, 15) is 4.79 Å². The fourth-order valence-electron chi connectivity index (χ4n) is 3.50. The SMILES string of the molecule is CCN(CC)c1ccc(NC(=O)C2(c3ccc(OC)c(OC)c3)CC2)cc1. The number of hydrogen-bond donors (Lipinski definition) is 1. The summed E-state index contributed by atoms with van der Waals surface area (Å²) in [6.07, 6.45) is 1.68. The van der Waals surface area contributed by atoms with Crippen LogP contribution in [0.3, 0.4) is 0 Å². The van der Waals surface area contributed by atoms with Crippen LogP contribution in [0.15, 0.2) is 42.5 Å². The van der Waals surface area contributed by atoms with E-state index in [-0.39, 0.29) is 5.91 Å². The number of hydrogen-bond acceptors (Lipinski definition) is 4. The van der Waals surface area contributed by atoms with Crippen LogP contribution in [0.4, 0.5) is 11.4 Å². The van der Waals surface area contributed by atoms with E-state index < -0.39 is 5.41 Å². The molecule has 5 nitrogen and oxygen atoms in total. The lowest BCUT2D eigenvalue weighted by Crippen LogP contribution is -2.28. The minimum Gasteiger partial charge on any atom is -0.493 e. The zero-order valence-corrected chi connectivity index (χ0v) is 16.5. The van der Waals surface area contributed by atoms with Crippen LogP contribution in [-0.4, -0.2) is 33.2 Å². The Morgan fingerprint density at radius 2 is 1.63 bits per heavy atom. The van der Waals surface area contributed by atoms with Crippen LogP contribution >= 0.6 is 0 Å². The second kappa shape index (κ2) is 7.91. The monoisotopic (exact) mass is 368 g/mol. The molecular formula is C22H28N2O3. The van der Waals surface area contributed by atoms with E-state index in [0.717, 1.165) is 37.2 Å². The number of nitrogens with one attached hydrogen (secondary N) is 1.